The zero-order valence-corrected chi connectivity index (χ0v) is 12.5. The quantitative estimate of drug-likeness (QED) is 0.665. The van der Waals surface area contributed by atoms with Gasteiger partial charge in [-0.05, 0) is 45.7 Å². The van der Waals surface area contributed by atoms with Crippen molar-refractivity contribution in [1.82, 2.24) is 0 Å². The van der Waals surface area contributed by atoms with E-state index in [1.54, 1.807) is 0 Å². The summed E-state index contributed by atoms with van der Waals surface area (Å²) in [5.41, 5.74) is 1.40. The summed E-state index contributed by atoms with van der Waals surface area (Å²) in [5.74, 6) is 0. The molecule has 0 bridgehead atoms. The highest BCUT2D eigenvalue weighted by atomic mass is 32.2. The molecule has 1 unspecified atom stereocenters. The van der Waals surface area contributed by atoms with Crippen LogP contribution in [0.15, 0.2) is 29.2 Å². The second-order valence-electron chi connectivity index (χ2n) is 5.07. The highest BCUT2D eigenvalue weighted by Gasteiger charge is 2.51. The number of quaternary nitrogens is 1. The van der Waals surface area contributed by atoms with E-state index in [1.165, 1.54) is 22.4 Å². The van der Waals surface area contributed by atoms with Crippen LogP contribution in [0.5, 0.6) is 0 Å². The molecular formula is C13H21N2S2+. The van der Waals surface area contributed by atoms with Gasteiger partial charge < -0.3 is 0 Å². The summed E-state index contributed by atoms with van der Waals surface area (Å²) in [6.45, 7) is 9.18. The summed E-state index contributed by atoms with van der Waals surface area (Å²) in [6, 6.07) is 9.77. The Labute approximate surface area is 113 Å². The molecule has 17 heavy (non-hydrogen) atoms. The monoisotopic (exact) mass is 269 g/mol. The molecule has 0 spiro atoms. The molecule has 0 radical (unpaired) electrons. The molecule has 0 fully saturated rings. The third-order valence-electron chi connectivity index (χ3n) is 3.55. The van der Waals surface area contributed by atoms with Crippen molar-refractivity contribution < 1.29 is 3.89 Å². The zero-order chi connectivity index (χ0) is 12.6. The number of nitrogens with zero attached hydrogens (tertiary/aromatic N) is 1. The van der Waals surface area contributed by atoms with Gasteiger partial charge in [0.15, 0.2) is 5.37 Å². The third-order valence-corrected chi connectivity index (χ3v) is 6.48. The van der Waals surface area contributed by atoms with Crippen LogP contribution in [0.3, 0.4) is 0 Å². The Balaban J connectivity index is 2.52. The maximum atomic E-state index is 5.99. The number of rotatable bonds is 3. The largest absolute Gasteiger partial charge is 0.273 e. The Hall–Kier alpha value is -0.160. The fourth-order valence-corrected chi connectivity index (χ4v) is 5.50. The Morgan fingerprint density at radius 3 is 2.29 bits per heavy atom. The number of hydrogen-bond donors (Lipinski definition) is 1. The highest BCUT2D eigenvalue weighted by Crippen LogP contribution is 2.57. The lowest BCUT2D eigenvalue weighted by Gasteiger charge is -2.43. The van der Waals surface area contributed by atoms with Crippen LogP contribution in [0.4, 0.5) is 0 Å². The van der Waals surface area contributed by atoms with Gasteiger partial charge in [-0.15, -0.1) is 0 Å². The molecule has 94 valence electrons. The van der Waals surface area contributed by atoms with Crippen LogP contribution in [-0.4, -0.2) is 16.0 Å². The summed E-state index contributed by atoms with van der Waals surface area (Å²) in [4.78, 5) is 1.39. The lowest BCUT2D eigenvalue weighted by atomic mass is 10.1. The van der Waals surface area contributed by atoms with Crippen LogP contribution in [0.2, 0.25) is 0 Å². The van der Waals surface area contributed by atoms with Gasteiger partial charge in [0.1, 0.15) is 11.9 Å². The first-order valence-corrected chi connectivity index (χ1v) is 7.77. The van der Waals surface area contributed by atoms with Crippen molar-refractivity contribution in [2.75, 3.05) is 0 Å². The smallest absolute Gasteiger partial charge is 0.188 e. The van der Waals surface area contributed by atoms with Crippen LogP contribution in [0.1, 0.15) is 38.6 Å². The van der Waals surface area contributed by atoms with E-state index < -0.39 is 0 Å². The van der Waals surface area contributed by atoms with E-state index in [1.807, 2.05) is 11.9 Å². The van der Waals surface area contributed by atoms with Gasteiger partial charge >= 0.3 is 0 Å². The molecular weight excluding hydrogens is 248 g/mol. The maximum Gasteiger partial charge on any atom is 0.188 e. The summed E-state index contributed by atoms with van der Waals surface area (Å²) >= 11 is 3.46. The fraction of sp³-hybridized carbons (Fsp3) is 0.538. The predicted molar refractivity (Wildman–Crippen MR) is 77.4 cm³/mol. The van der Waals surface area contributed by atoms with Crippen molar-refractivity contribution in [3.63, 3.8) is 0 Å². The van der Waals surface area contributed by atoms with Gasteiger partial charge in [-0.3, -0.25) is 5.14 Å². The number of hydrogen-bond acceptors (Lipinski definition) is 3. The van der Waals surface area contributed by atoms with E-state index in [0.717, 1.165) is 3.89 Å². The average Bonchev–Trinajstić information content (AvgIpc) is 2.64. The van der Waals surface area contributed by atoms with Crippen LogP contribution in [-0.2, 0) is 0 Å². The molecule has 1 aromatic carbocycles. The van der Waals surface area contributed by atoms with Gasteiger partial charge in [-0.2, -0.15) is 0 Å². The Morgan fingerprint density at radius 2 is 1.76 bits per heavy atom. The molecule has 0 aliphatic carbocycles. The normalized spacial score (nSPS) is 22.2. The van der Waals surface area contributed by atoms with Crippen molar-refractivity contribution >= 4 is 23.9 Å². The van der Waals surface area contributed by atoms with E-state index in [-0.39, 0.29) is 0 Å². The lowest BCUT2D eigenvalue weighted by molar-refractivity contribution is -0.853. The topological polar surface area (TPSA) is 26.0 Å². The lowest BCUT2D eigenvalue weighted by Crippen LogP contribution is -2.51. The first-order valence-electron chi connectivity index (χ1n) is 6.06. The standard InChI is InChI=1S/C13H21N2S2/c1-9(2)15(10(3)4)13(16-14)11-7-5-6-8-12(11)17-15/h5-10,13H,14H2,1-4H3/q+1. The van der Waals surface area contributed by atoms with Crippen molar-refractivity contribution in [2.24, 2.45) is 5.14 Å². The van der Waals surface area contributed by atoms with E-state index >= 15 is 0 Å². The van der Waals surface area contributed by atoms with Gasteiger partial charge in [0, 0.05) is 5.56 Å². The molecule has 2 nitrogen and oxygen atoms in total. The first-order chi connectivity index (χ1) is 8.04. The molecule has 1 aliphatic rings. The van der Waals surface area contributed by atoms with Crippen LogP contribution in [0, 0.1) is 0 Å². The predicted octanol–water partition coefficient (Wildman–Crippen LogP) is 3.95. The van der Waals surface area contributed by atoms with Gasteiger partial charge in [0.25, 0.3) is 0 Å². The zero-order valence-electron chi connectivity index (χ0n) is 10.9. The second-order valence-corrected chi connectivity index (χ2v) is 7.04. The van der Waals surface area contributed by atoms with Crippen molar-refractivity contribution in [1.29, 1.82) is 0 Å². The molecule has 2 N–H and O–H groups in total. The SMILES string of the molecule is CC(C)[N+]1(C(C)C)Sc2ccccc2C1SN. The van der Waals surface area contributed by atoms with Gasteiger partial charge in [0.2, 0.25) is 0 Å². The minimum absolute atomic E-state index is 0.344. The molecule has 1 aliphatic heterocycles. The Kier molecular flexibility index (Phi) is 3.78. The molecule has 1 atom stereocenters. The van der Waals surface area contributed by atoms with Gasteiger partial charge in [0.05, 0.1) is 17.0 Å². The summed E-state index contributed by atoms with van der Waals surface area (Å²) in [5, 5.41) is 6.33. The number of benzene rings is 1. The van der Waals surface area contributed by atoms with Crippen molar-refractivity contribution in [3.8, 4) is 0 Å². The molecule has 0 saturated carbocycles. The average molecular weight is 269 g/mol. The molecule has 4 heteroatoms. The van der Waals surface area contributed by atoms with Crippen LogP contribution < -0.4 is 5.14 Å². The van der Waals surface area contributed by atoms with Crippen molar-refractivity contribution in [3.05, 3.63) is 29.8 Å². The molecule has 0 amide bonds. The number of fused-ring (bicyclic) bond motifs is 1. The van der Waals surface area contributed by atoms with Crippen LogP contribution in [0.25, 0.3) is 0 Å². The minimum atomic E-state index is 0.344. The molecule has 0 saturated heterocycles. The summed E-state index contributed by atoms with van der Waals surface area (Å²) < 4.78 is 0.987. The highest BCUT2D eigenvalue weighted by molar-refractivity contribution is 7.99. The van der Waals surface area contributed by atoms with E-state index in [4.69, 9.17) is 5.14 Å². The number of nitrogens with two attached hydrogens (primary N) is 1. The van der Waals surface area contributed by atoms with Gasteiger partial charge in [-0.25, -0.2) is 3.89 Å². The minimum Gasteiger partial charge on any atom is -0.273 e. The van der Waals surface area contributed by atoms with E-state index in [2.05, 4.69) is 52.0 Å². The maximum absolute atomic E-state index is 5.99. The molecule has 1 aromatic rings. The second kappa shape index (κ2) is 4.84. The Bertz CT molecular complexity index is 396. The molecule has 2 rings (SSSR count). The van der Waals surface area contributed by atoms with E-state index in [0.29, 0.717) is 17.5 Å². The molecule has 0 aromatic heterocycles. The first kappa shape index (κ1) is 13.3. The van der Waals surface area contributed by atoms with Crippen molar-refractivity contribution in [2.45, 2.75) is 50.0 Å². The summed E-state index contributed by atoms with van der Waals surface area (Å²) in [7, 11) is 0. The molecule has 1 heterocycles. The third kappa shape index (κ3) is 1.91. The summed E-state index contributed by atoms with van der Waals surface area (Å²) in [6.07, 6.45) is 0. The van der Waals surface area contributed by atoms with E-state index in [9.17, 15) is 0 Å². The fourth-order valence-electron chi connectivity index (χ4n) is 2.72. The van der Waals surface area contributed by atoms with Gasteiger partial charge in [-0.1, -0.05) is 18.2 Å². The van der Waals surface area contributed by atoms with Crippen LogP contribution >= 0.6 is 23.9 Å². The Morgan fingerprint density at radius 1 is 1.18 bits per heavy atom.